The first-order chi connectivity index (χ1) is 20.2. The van der Waals surface area contributed by atoms with Crippen molar-refractivity contribution < 1.29 is 47.5 Å². The van der Waals surface area contributed by atoms with E-state index in [1.54, 1.807) is 14.0 Å². The molecule has 1 aromatic carbocycles. The highest BCUT2D eigenvalue weighted by Crippen LogP contribution is 2.30. The molecule has 0 saturated carbocycles. The molecule has 12 heteroatoms. The van der Waals surface area contributed by atoms with E-state index in [4.69, 9.17) is 33.2 Å². The van der Waals surface area contributed by atoms with Gasteiger partial charge < -0.3 is 38.5 Å². The number of methoxy groups -OCH3 is 2. The largest absolute Gasteiger partial charge is 0.493 e. The van der Waals surface area contributed by atoms with Gasteiger partial charge in [0.25, 0.3) is 5.91 Å². The van der Waals surface area contributed by atoms with Gasteiger partial charge in [-0.25, -0.2) is 9.78 Å². The van der Waals surface area contributed by atoms with Crippen LogP contribution in [0.15, 0.2) is 42.6 Å². The average Bonchev–Trinajstić information content (AvgIpc) is 3.02. The first-order valence-corrected chi connectivity index (χ1v) is 13.8. The summed E-state index contributed by atoms with van der Waals surface area (Å²) in [7, 11) is 3.03. The number of aromatic nitrogens is 1. The van der Waals surface area contributed by atoms with E-state index in [1.165, 1.54) is 26.3 Å². The second-order valence-electron chi connectivity index (χ2n) is 9.91. The summed E-state index contributed by atoms with van der Waals surface area (Å²) >= 11 is 0. The molecule has 1 N–H and O–H groups in total. The highest BCUT2D eigenvalue weighted by Gasteiger charge is 2.36. The van der Waals surface area contributed by atoms with Gasteiger partial charge in [-0.05, 0) is 32.3 Å². The molecule has 1 saturated heterocycles. The van der Waals surface area contributed by atoms with Crippen molar-refractivity contribution in [2.75, 3.05) is 40.8 Å². The fourth-order valence-corrected chi connectivity index (χ4v) is 4.46. The molecule has 1 aliphatic rings. The Bertz CT molecular complexity index is 1160. The van der Waals surface area contributed by atoms with Crippen LogP contribution in [0.2, 0.25) is 0 Å². The van der Waals surface area contributed by atoms with Gasteiger partial charge in [-0.1, -0.05) is 30.3 Å². The predicted octanol–water partition coefficient (Wildman–Crippen LogP) is 2.72. The molecule has 12 nitrogen and oxygen atoms in total. The Morgan fingerprint density at radius 1 is 1.14 bits per heavy atom. The highest BCUT2D eigenvalue weighted by molar-refractivity contribution is 5.98. The zero-order valence-electron chi connectivity index (χ0n) is 24.7. The van der Waals surface area contributed by atoms with Crippen LogP contribution in [-0.2, 0) is 39.7 Å². The maximum absolute atomic E-state index is 13.3. The van der Waals surface area contributed by atoms with Crippen molar-refractivity contribution in [1.29, 1.82) is 0 Å². The molecule has 1 aliphatic heterocycles. The van der Waals surface area contributed by atoms with Crippen LogP contribution in [0.25, 0.3) is 0 Å². The molecule has 230 valence electrons. The van der Waals surface area contributed by atoms with Crippen molar-refractivity contribution >= 4 is 17.8 Å². The van der Waals surface area contributed by atoms with Crippen LogP contribution in [0.1, 0.15) is 43.2 Å². The molecule has 1 amide bonds. The molecular formula is C30H40N2O10. The number of nitrogens with zero attached hydrogens (tertiary/aromatic N) is 1. The fourth-order valence-electron chi connectivity index (χ4n) is 4.46. The Kier molecular flexibility index (Phi) is 13.0. The van der Waals surface area contributed by atoms with E-state index < -0.39 is 42.9 Å². The number of cyclic esters (lactones) is 1. The summed E-state index contributed by atoms with van der Waals surface area (Å²) in [6, 6.07) is 10.3. The molecule has 5 atom stereocenters. The number of hydrogen-bond donors (Lipinski definition) is 1. The number of carbonyl (C=O) groups is 3. The van der Waals surface area contributed by atoms with Crippen LogP contribution < -0.4 is 14.8 Å². The SMILES string of the molecule is COc1ccnc(C(=O)N[C@H]2COC[C@H](Cc3ccccc3)[C@@H](OCCC(C)OC)[C@H](C)OC2=O)c1OCOC(C)=O. The average molecular weight is 589 g/mol. The molecule has 1 unspecified atom stereocenters. The van der Waals surface area contributed by atoms with Gasteiger partial charge >= 0.3 is 11.9 Å². The second-order valence-corrected chi connectivity index (χ2v) is 9.91. The summed E-state index contributed by atoms with van der Waals surface area (Å²) in [5.41, 5.74) is 0.926. The molecule has 0 aliphatic carbocycles. The van der Waals surface area contributed by atoms with Crippen LogP contribution in [0, 0.1) is 5.92 Å². The molecule has 0 bridgehead atoms. The number of amides is 1. The Morgan fingerprint density at radius 3 is 2.60 bits per heavy atom. The van der Waals surface area contributed by atoms with Gasteiger partial charge in [0.1, 0.15) is 6.10 Å². The number of carbonyl (C=O) groups excluding carboxylic acids is 3. The van der Waals surface area contributed by atoms with E-state index in [0.717, 1.165) is 5.56 Å². The van der Waals surface area contributed by atoms with Gasteiger partial charge in [0.15, 0.2) is 23.2 Å². The van der Waals surface area contributed by atoms with E-state index in [2.05, 4.69) is 10.3 Å². The molecule has 2 aromatic rings. The summed E-state index contributed by atoms with van der Waals surface area (Å²) in [5, 5.41) is 2.64. The Morgan fingerprint density at radius 2 is 1.90 bits per heavy atom. The zero-order chi connectivity index (χ0) is 30.5. The van der Waals surface area contributed by atoms with Gasteiger partial charge in [0.2, 0.25) is 6.79 Å². The minimum absolute atomic E-state index is 0.00993. The number of benzene rings is 1. The summed E-state index contributed by atoms with van der Waals surface area (Å²) in [6.07, 6.45) is 1.57. The minimum atomic E-state index is -1.14. The van der Waals surface area contributed by atoms with Crippen LogP contribution in [0.3, 0.4) is 0 Å². The van der Waals surface area contributed by atoms with Crippen LogP contribution in [-0.4, -0.2) is 88.0 Å². The molecule has 0 radical (unpaired) electrons. The third-order valence-electron chi connectivity index (χ3n) is 6.78. The molecular weight excluding hydrogens is 548 g/mol. The summed E-state index contributed by atoms with van der Waals surface area (Å²) in [6.45, 7) is 5.03. The first-order valence-electron chi connectivity index (χ1n) is 13.8. The lowest BCUT2D eigenvalue weighted by atomic mass is 9.91. The normalized spacial score (nSPS) is 21.6. The summed E-state index contributed by atoms with van der Waals surface area (Å²) < 4.78 is 39.0. The van der Waals surface area contributed by atoms with Crippen molar-refractivity contribution in [2.24, 2.45) is 5.92 Å². The standard InChI is InChI=1S/C30H40N2O10/c1-19(36-4)12-14-39-27-20(2)42-30(35)24(17-38-16-23(27)15-22-9-7-6-8-10-22)32-29(34)26-28(41-18-40-21(3)33)25(37-5)11-13-31-26/h6-11,13,19-20,23-24,27H,12,14-18H2,1-5H3,(H,32,34)/t19?,20-,23-,24-,27-/m0/s1. The van der Waals surface area contributed by atoms with Gasteiger partial charge in [0, 0.05) is 38.8 Å². The van der Waals surface area contributed by atoms with Crippen molar-refractivity contribution in [3.8, 4) is 11.5 Å². The van der Waals surface area contributed by atoms with Crippen molar-refractivity contribution in [2.45, 2.75) is 58.0 Å². The van der Waals surface area contributed by atoms with Gasteiger partial charge in [-0.3, -0.25) is 9.59 Å². The molecule has 0 spiro atoms. The fraction of sp³-hybridized carbons (Fsp3) is 0.533. The number of ether oxygens (including phenoxy) is 7. The second kappa shape index (κ2) is 16.6. The summed E-state index contributed by atoms with van der Waals surface area (Å²) in [5.74, 6) is -1.97. The van der Waals surface area contributed by atoms with Gasteiger partial charge in [-0.15, -0.1) is 0 Å². The quantitative estimate of drug-likeness (QED) is 0.273. The molecule has 1 fully saturated rings. The number of esters is 2. The van der Waals surface area contributed by atoms with E-state index in [1.807, 2.05) is 37.3 Å². The molecule has 3 rings (SSSR count). The Hall–Kier alpha value is -3.74. The van der Waals surface area contributed by atoms with Gasteiger partial charge in [-0.2, -0.15) is 0 Å². The smallest absolute Gasteiger partial charge is 0.331 e. The lowest BCUT2D eigenvalue weighted by Gasteiger charge is -2.31. The van der Waals surface area contributed by atoms with E-state index >= 15 is 0 Å². The van der Waals surface area contributed by atoms with E-state index in [0.29, 0.717) is 19.4 Å². The van der Waals surface area contributed by atoms with Crippen LogP contribution in [0.4, 0.5) is 0 Å². The zero-order valence-corrected chi connectivity index (χ0v) is 24.7. The highest BCUT2D eigenvalue weighted by atomic mass is 16.7. The Balaban J connectivity index is 1.78. The minimum Gasteiger partial charge on any atom is -0.493 e. The van der Waals surface area contributed by atoms with Crippen molar-refractivity contribution in [3.63, 3.8) is 0 Å². The van der Waals surface area contributed by atoms with E-state index in [9.17, 15) is 14.4 Å². The monoisotopic (exact) mass is 588 g/mol. The number of nitrogens with one attached hydrogen (secondary N) is 1. The number of pyridine rings is 1. The Labute approximate surface area is 245 Å². The van der Waals surface area contributed by atoms with Crippen LogP contribution >= 0.6 is 0 Å². The van der Waals surface area contributed by atoms with Crippen molar-refractivity contribution in [1.82, 2.24) is 10.3 Å². The topological polar surface area (TPSA) is 141 Å². The molecule has 2 heterocycles. The number of hydrogen-bond acceptors (Lipinski definition) is 11. The lowest BCUT2D eigenvalue weighted by molar-refractivity contribution is -0.160. The van der Waals surface area contributed by atoms with Crippen LogP contribution in [0.5, 0.6) is 11.5 Å². The predicted molar refractivity (Wildman–Crippen MR) is 150 cm³/mol. The van der Waals surface area contributed by atoms with E-state index in [-0.39, 0.29) is 42.4 Å². The first kappa shape index (κ1) is 32.8. The third kappa shape index (κ3) is 9.68. The maximum atomic E-state index is 13.3. The third-order valence-corrected chi connectivity index (χ3v) is 6.78. The molecule has 1 aromatic heterocycles. The van der Waals surface area contributed by atoms with Crippen molar-refractivity contribution in [3.05, 3.63) is 53.9 Å². The maximum Gasteiger partial charge on any atom is 0.331 e. The summed E-state index contributed by atoms with van der Waals surface area (Å²) in [4.78, 5) is 41.8. The molecule has 42 heavy (non-hydrogen) atoms. The number of rotatable bonds is 13. The van der Waals surface area contributed by atoms with Gasteiger partial charge in [0.05, 0.1) is 32.5 Å². The lowest BCUT2D eigenvalue weighted by Crippen LogP contribution is -2.46.